The lowest BCUT2D eigenvalue weighted by molar-refractivity contribution is -0.140. The Kier molecular flexibility index (Phi) is 3.82. The van der Waals surface area contributed by atoms with Gasteiger partial charge in [-0.15, -0.1) is 0 Å². The Labute approximate surface area is 97.0 Å². The van der Waals surface area contributed by atoms with E-state index in [0.717, 1.165) is 38.5 Å². The average molecular weight is 226 g/mol. The Morgan fingerprint density at radius 3 is 2.56 bits per heavy atom. The van der Waals surface area contributed by atoms with Crippen LogP contribution in [0.25, 0.3) is 0 Å². The lowest BCUT2D eigenvalue weighted by Crippen LogP contribution is -2.43. The van der Waals surface area contributed by atoms with Gasteiger partial charge in [0.2, 0.25) is 0 Å². The second-order valence-electron chi connectivity index (χ2n) is 4.97. The zero-order valence-electron chi connectivity index (χ0n) is 9.98. The molecular formula is C12H22N2O2. The first-order valence-electron chi connectivity index (χ1n) is 6.42. The van der Waals surface area contributed by atoms with Crippen molar-refractivity contribution in [3.05, 3.63) is 0 Å². The van der Waals surface area contributed by atoms with Crippen molar-refractivity contribution < 1.29 is 9.90 Å². The van der Waals surface area contributed by atoms with Crippen LogP contribution in [-0.2, 0) is 4.79 Å². The first kappa shape index (κ1) is 11.9. The zero-order chi connectivity index (χ0) is 11.5. The van der Waals surface area contributed by atoms with Crippen molar-refractivity contribution in [1.82, 2.24) is 10.2 Å². The molecule has 2 N–H and O–H groups in total. The van der Waals surface area contributed by atoms with Gasteiger partial charge in [0.15, 0.2) is 0 Å². The third-order valence-corrected chi connectivity index (χ3v) is 3.59. The maximum Gasteiger partial charge on any atom is 0.320 e. The van der Waals surface area contributed by atoms with Crippen LogP contribution in [0, 0.1) is 5.92 Å². The molecule has 0 aliphatic heterocycles. The number of hydrogen-bond donors (Lipinski definition) is 2. The molecule has 16 heavy (non-hydrogen) atoms. The summed E-state index contributed by atoms with van der Waals surface area (Å²) in [6.45, 7) is 5.04. The molecule has 0 bridgehead atoms. The Balaban J connectivity index is 1.66. The van der Waals surface area contributed by atoms with E-state index >= 15 is 0 Å². The van der Waals surface area contributed by atoms with E-state index in [2.05, 4.69) is 17.1 Å². The van der Waals surface area contributed by atoms with E-state index in [0.29, 0.717) is 5.92 Å². The fourth-order valence-electron chi connectivity index (χ4n) is 2.29. The molecule has 2 rings (SSSR count). The van der Waals surface area contributed by atoms with E-state index in [-0.39, 0.29) is 6.04 Å². The molecule has 4 heteroatoms. The van der Waals surface area contributed by atoms with Gasteiger partial charge in [-0.1, -0.05) is 6.92 Å². The molecule has 0 aromatic heterocycles. The molecule has 92 valence electrons. The molecule has 2 aliphatic carbocycles. The van der Waals surface area contributed by atoms with Crippen LogP contribution in [0.2, 0.25) is 0 Å². The van der Waals surface area contributed by atoms with Gasteiger partial charge in [-0.2, -0.15) is 0 Å². The molecular weight excluding hydrogens is 204 g/mol. The summed E-state index contributed by atoms with van der Waals surface area (Å²) < 4.78 is 0. The first-order chi connectivity index (χ1) is 7.72. The van der Waals surface area contributed by atoms with E-state index < -0.39 is 5.97 Å². The quantitative estimate of drug-likeness (QED) is 0.646. The molecule has 0 amide bonds. The van der Waals surface area contributed by atoms with E-state index in [1.54, 1.807) is 0 Å². The van der Waals surface area contributed by atoms with Crippen molar-refractivity contribution in [2.24, 2.45) is 5.92 Å². The third-order valence-electron chi connectivity index (χ3n) is 3.59. The smallest absolute Gasteiger partial charge is 0.320 e. The van der Waals surface area contributed by atoms with Crippen LogP contribution < -0.4 is 5.32 Å². The molecule has 0 spiro atoms. The molecule has 2 saturated carbocycles. The van der Waals surface area contributed by atoms with Crippen LogP contribution in [0.4, 0.5) is 0 Å². The van der Waals surface area contributed by atoms with E-state index in [1.807, 2.05) is 0 Å². The van der Waals surface area contributed by atoms with Crippen molar-refractivity contribution in [3.8, 4) is 0 Å². The second-order valence-corrected chi connectivity index (χ2v) is 4.97. The standard InChI is InChI=1S/C12H22N2O2/c1-2-14(10-5-6-10)8-7-13-11(12(15)16)9-3-4-9/h9-11,13H,2-8H2,1H3,(H,15,16). The van der Waals surface area contributed by atoms with Gasteiger partial charge in [-0.05, 0) is 38.1 Å². The van der Waals surface area contributed by atoms with Gasteiger partial charge in [0.05, 0.1) is 0 Å². The van der Waals surface area contributed by atoms with Crippen LogP contribution in [-0.4, -0.2) is 47.7 Å². The first-order valence-corrected chi connectivity index (χ1v) is 6.42. The minimum atomic E-state index is -0.683. The SMILES string of the molecule is CCN(CCNC(C(=O)O)C1CC1)C1CC1. The third kappa shape index (κ3) is 3.19. The summed E-state index contributed by atoms with van der Waals surface area (Å²) in [6.07, 6.45) is 4.78. The maximum absolute atomic E-state index is 11.0. The molecule has 0 saturated heterocycles. The number of aliphatic carboxylic acids is 1. The lowest BCUT2D eigenvalue weighted by Gasteiger charge is -2.21. The lowest BCUT2D eigenvalue weighted by atomic mass is 10.2. The molecule has 0 aromatic rings. The minimum absolute atomic E-state index is 0.307. The van der Waals surface area contributed by atoms with Gasteiger partial charge < -0.3 is 10.4 Å². The molecule has 4 nitrogen and oxygen atoms in total. The number of hydrogen-bond acceptors (Lipinski definition) is 3. The van der Waals surface area contributed by atoms with Crippen LogP contribution in [0.15, 0.2) is 0 Å². The highest BCUT2D eigenvalue weighted by Gasteiger charge is 2.36. The summed E-state index contributed by atoms with van der Waals surface area (Å²) in [5, 5.41) is 12.2. The summed E-state index contributed by atoms with van der Waals surface area (Å²) in [7, 11) is 0. The largest absolute Gasteiger partial charge is 0.480 e. The summed E-state index contributed by atoms with van der Waals surface area (Å²) in [6, 6.07) is 0.467. The molecule has 0 radical (unpaired) electrons. The predicted octanol–water partition coefficient (Wildman–Crippen LogP) is 0.923. The second kappa shape index (κ2) is 5.15. The number of carbonyl (C=O) groups is 1. The fourth-order valence-corrected chi connectivity index (χ4v) is 2.29. The van der Waals surface area contributed by atoms with Gasteiger partial charge in [0.25, 0.3) is 0 Å². The highest BCUT2D eigenvalue weighted by atomic mass is 16.4. The molecule has 2 aliphatic rings. The van der Waals surface area contributed by atoms with Gasteiger partial charge >= 0.3 is 5.97 Å². The summed E-state index contributed by atoms with van der Waals surface area (Å²) in [5.74, 6) is -0.300. The number of rotatable bonds is 8. The van der Waals surface area contributed by atoms with Gasteiger partial charge in [-0.25, -0.2) is 0 Å². The van der Waals surface area contributed by atoms with Crippen LogP contribution in [0.1, 0.15) is 32.6 Å². The van der Waals surface area contributed by atoms with Gasteiger partial charge in [-0.3, -0.25) is 9.69 Å². The van der Waals surface area contributed by atoms with Crippen LogP contribution in [0.3, 0.4) is 0 Å². The Hall–Kier alpha value is -0.610. The van der Waals surface area contributed by atoms with Crippen LogP contribution in [0.5, 0.6) is 0 Å². The van der Waals surface area contributed by atoms with Crippen molar-refractivity contribution >= 4 is 5.97 Å². The van der Waals surface area contributed by atoms with E-state index in [1.165, 1.54) is 12.8 Å². The summed E-state index contributed by atoms with van der Waals surface area (Å²) >= 11 is 0. The number of carboxylic acids is 1. The Morgan fingerprint density at radius 2 is 2.12 bits per heavy atom. The maximum atomic E-state index is 11.0. The highest BCUT2D eigenvalue weighted by Crippen LogP contribution is 2.32. The minimum Gasteiger partial charge on any atom is -0.480 e. The monoisotopic (exact) mass is 226 g/mol. The van der Waals surface area contributed by atoms with Crippen molar-refractivity contribution in [1.29, 1.82) is 0 Å². The molecule has 0 heterocycles. The summed E-state index contributed by atoms with van der Waals surface area (Å²) in [5.41, 5.74) is 0. The number of nitrogens with one attached hydrogen (secondary N) is 1. The fraction of sp³-hybridized carbons (Fsp3) is 0.917. The molecule has 1 atom stereocenters. The van der Waals surface area contributed by atoms with E-state index in [9.17, 15) is 4.79 Å². The summed E-state index contributed by atoms with van der Waals surface area (Å²) in [4.78, 5) is 13.4. The number of likely N-dealkylation sites (N-methyl/N-ethyl adjacent to an activating group) is 1. The molecule has 1 unspecified atom stereocenters. The predicted molar refractivity (Wildman–Crippen MR) is 62.4 cm³/mol. The van der Waals surface area contributed by atoms with Crippen molar-refractivity contribution in [3.63, 3.8) is 0 Å². The number of nitrogens with zero attached hydrogens (tertiary/aromatic N) is 1. The average Bonchev–Trinajstić information content (AvgIpc) is 3.10. The molecule has 2 fully saturated rings. The number of carboxylic acid groups (broad SMARTS) is 1. The molecule has 0 aromatic carbocycles. The van der Waals surface area contributed by atoms with Crippen LogP contribution >= 0.6 is 0 Å². The van der Waals surface area contributed by atoms with Crippen molar-refractivity contribution in [2.45, 2.75) is 44.7 Å². The zero-order valence-corrected chi connectivity index (χ0v) is 9.98. The Morgan fingerprint density at radius 1 is 1.44 bits per heavy atom. The Bertz CT molecular complexity index is 249. The van der Waals surface area contributed by atoms with Crippen molar-refractivity contribution in [2.75, 3.05) is 19.6 Å². The highest BCUT2D eigenvalue weighted by molar-refractivity contribution is 5.74. The van der Waals surface area contributed by atoms with E-state index in [4.69, 9.17) is 5.11 Å². The van der Waals surface area contributed by atoms with Gasteiger partial charge in [0, 0.05) is 19.1 Å². The normalized spacial score (nSPS) is 22.4. The topological polar surface area (TPSA) is 52.6 Å². The van der Waals surface area contributed by atoms with Gasteiger partial charge in [0.1, 0.15) is 6.04 Å².